The number of hydrazine groups is 1. The number of aliphatic carboxylic acids is 1. The second-order valence-corrected chi connectivity index (χ2v) is 12.2. The Morgan fingerprint density at radius 3 is 2.12 bits per heavy atom. The van der Waals surface area contributed by atoms with E-state index in [0.717, 1.165) is 42.1 Å². The van der Waals surface area contributed by atoms with E-state index in [9.17, 15) is 9.90 Å². The number of carboxylic acids is 1. The summed E-state index contributed by atoms with van der Waals surface area (Å²) in [6.45, 7) is 15.4. The molecule has 0 fully saturated rings. The van der Waals surface area contributed by atoms with Gasteiger partial charge in [-0.05, 0) is 83.3 Å². The number of aryl methyl sites for hydroxylation is 2. The summed E-state index contributed by atoms with van der Waals surface area (Å²) in [5.41, 5.74) is 15.3. The highest BCUT2D eigenvalue weighted by Gasteiger charge is 2.24. The van der Waals surface area contributed by atoms with Gasteiger partial charge in [0.1, 0.15) is 5.75 Å². The number of anilines is 2. The molecule has 5 N–H and O–H groups in total. The fourth-order valence-corrected chi connectivity index (χ4v) is 5.34. The Bertz CT molecular complexity index is 1340. The highest BCUT2D eigenvalue weighted by Crippen LogP contribution is 2.37. The Balaban J connectivity index is 2.03. The third-order valence-corrected chi connectivity index (χ3v) is 7.49. The van der Waals surface area contributed by atoms with Gasteiger partial charge < -0.3 is 20.6 Å². The van der Waals surface area contributed by atoms with Gasteiger partial charge in [0.25, 0.3) is 0 Å². The highest BCUT2D eigenvalue weighted by atomic mass is 16.5. The van der Waals surface area contributed by atoms with Crippen LogP contribution in [0.25, 0.3) is 0 Å². The largest absolute Gasteiger partial charge is 0.497 e. The average molecular weight is 547 g/mol. The Labute approximate surface area is 239 Å². The number of methoxy groups -OCH3 is 1. The van der Waals surface area contributed by atoms with E-state index < -0.39 is 5.97 Å². The van der Waals surface area contributed by atoms with Gasteiger partial charge in [-0.25, -0.2) is 5.84 Å². The van der Waals surface area contributed by atoms with Crippen LogP contribution in [0.5, 0.6) is 5.75 Å². The predicted molar refractivity (Wildman–Crippen MR) is 165 cm³/mol. The van der Waals surface area contributed by atoms with Crippen LogP contribution in [-0.4, -0.2) is 36.7 Å². The molecule has 0 aliphatic carbocycles. The maximum atomic E-state index is 12.0. The first-order valence-corrected chi connectivity index (χ1v) is 13.7. The first-order chi connectivity index (χ1) is 18.7. The number of hydrogen-bond donors (Lipinski definition) is 3. The van der Waals surface area contributed by atoms with E-state index in [0.29, 0.717) is 11.4 Å². The summed E-state index contributed by atoms with van der Waals surface area (Å²) in [4.78, 5) is 14.5. The van der Waals surface area contributed by atoms with E-state index in [1.54, 1.807) is 14.2 Å². The van der Waals surface area contributed by atoms with Crippen LogP contribution in [0.4, 0.5) is 11.4 Å². The summed E-state index contributed by atoms with van der Waals surface area (Å²) in [5.74, 6) is 5.62. The van der Waals surface area contributed by atoms with E-state index in [1.165, 1.54) is 27.3 Å². The molecule has 0 saturated carbocycles. The lowest BCUT2D eigenvalue weighted by Crippen LogP contribution is -2.32. The van der Waals surface area contributed by atoms with Crippen LogP contribution in [0.15, 0.2) is 48.5 Å². The van der Waals surface area contributed by atoms with Crippen LogP contribution in [0, 0.1) is 26.2 Å². The number of nitrogens with two attached hydrogens (primary N) is 2. The van der Waals surface area contributed by atoms with Crippen molar-refractivity contribution < 1.29 is 14.6 Å². The molecule has 0 aliphatic rings. The molecule has 0 bridgehead atoms. The van der Waals surface area contributed by atoms with Gasteiger partial charge in [-0.2, -0.15) is 0 Å². The number of carboxylic acid groups (broad SMARTS) is 1. The third-order valence-electron chi connectivity index (χ3n) is 7.49. The average Bonchev–Trinajstić information content (AvgIpc) is 2.85. The monoisotopic (exact) mass is 546 g/mol. The first-order valence-electron chi connectivity index (χ1n) is 13.7. The summed E-state index contributed by atoms with van der Waals surface area (Å²) in [6.07, 6.45) is -0.0324. The number of nitrogen functional groups attached to an aromatic ring is 1. The lowest BCUT2D eigenvalue weighted by atomic mass is 9.84. The summed E-state index contributed by atoms with van der Waals surface area (Å²) in [5, 5.41) is 11.3. The molecule has 0 radical (unpaired) electrons. The summed E-state index contributed by atoms with van der Waals surface area (Å²) in [6, 6.07) is 16.4. The zero-order valence-electron chi connectivity index (χ0n) is 25.3. The molecule has 3 rings (SSSR count). The molecule has 0 spiro atoms. The van der Waals surface area contributed by atoms with Gasteiger partial charge >= 0.3 is 5.97 Å². The normalized spacial score (nSPS) is 12.4. The topological polar surface area (TPSA) is 105 Å². The van der Waals surface area contributed by atoms with Gasteiger partial charge in [-0.1, -0.05) is 51.1 Å². The lowest BCUT2D eigenvalue weighted by molar-refractivity contribution is -0.137. The molecule has 40 heavy (non-hydrogen) atoms. The molecular formula is C33H46N4O3. The maximum absolute atomic E-state index is 12.0. The lowest BCUT2D eigenvalue weighted by Gasteiger charge is -2.31. The van der Waals surface area contributed by atoms with Crippen molar-refractivity contribution >= 4 is 17.3 Å². The zero-order valence-corrected chi connectivity index (χ0v) is 25.3. The Morgan fingerprint density at radius 2 is 1.57 bits per heavy atom. The molecule has 0 aromatic heterocycles. The van der Waals surface area contributed by atoms with Gasteiger partial charge in [0.15, 0.2) is 0 Å². The Morgan fingerprint density at radius 1 is 0.975 bits per heavy atom. The van der Waals surface area contributed by atoms with Crippen LogP contribution >= 0.6 is 0 Å². The molecule has 216 valence electrons. The molecule has 7 heteroatoms. The second kappa shape index (κ2) is 12.7. The zero-order chi connectivity index (χ0) is 29.8. The minimum absolute atomic E-state index is 0.0324. The number of carbonyl (C=O) groups is 1. The number of rotatable bonds is 11. The number of ether oxygens (including phenoxy) is 1. The molecule has 0 aliphatic heterocycles. The maximum Gasteiger partial charge on any atom is 0.304 e. The molecule has 7 nitrogen and oxygen atoms in total. The van der Waals surface area contributed by atoms with E-state index >= 15 is 0 Å². The predicted octanol–water partition coefficient (Wildman–Crippen LogP) is 6.17. The van der Waals surface area contributed by atoms with Crippen molar-refractivity contribution in [2.45, 2.75) is 67.0 Å². The molecule has 1 unspecified atom stereocenters. The van der Waals surface area contributed by atoms with E-state index in [4.69, 9.17) is 16.3 Å². The van der Waals surface area contributed by atoms with E-state index in [1.807, 2.05) is 31.2 Å². The number of hydrogen-bond acceptors (Lipinski definition) is 6. The van der Waals surface area contributed by atoms with Crippen molar-refractivity contribution in [3.05, 3.63) is 87.5 Å². The van der Waals surface area contributed by atoms with Gasteiger partial charge in [0, 0.05) is 32.6 Å². The van der Waals surface area contributed by atoms with Crippen LogP contribution in [0.2, 0.25) is 0 Å². The SMILES string of the molecule is COc1ccc(C)c(CN(Cc2cc(C(CC(=O)O)c3ccc(N(C)N)c(N)c3C)ccc2C)CC(C)(C)C)c1. The molecule has 1 atom stereocenters. The Hall–Kier alpha value is -3.55. The van der Waals surface area contributed by atoms with Crippen LogP contribution in [0.1, 0.15) is 72.1 Å². The minimum atomic E-state index is -0.854. The van der Waals surface area contributed by atoms with Crippen molar-refractivity contribution in [2.24, 2.45) is 11.3 Å². The Kier molecular flexibility index (Phi) is 9.87. The van der Waals surface area contributed by atoms with Crippen molar-refractivity contribution in [3.8, 4) is 5.75 Å². The second-order valence-electron chi connectivity index (χ2n) is 12.2. The molecule has 0 heterocycles. The van der Waals surface area contributed by atoms with Crippen molar-refractivity contribution in [2.75, 3.05) is 31.4 Å². The van der Waals surface area contributed by atoms with E-state index in [-0.39, 0.29) is 17.8 Å². The third kappa shape index (κ3) is 7.77. The fourth-order valence-electron chi connectivity index (χ4n) is 5.34. The summed E-state index contributed by atoms with van der Waals surface area (Å²) in [7, 11) is 3.43. The smallest absolute Gasteiger partial charge is 0.304 e. The standard InChI is InChI=1S/C33H46N4O3/c1-21-9-11-24(29(17-31(38)39)28-13-14-30(36(7)35)32(34)23(28)3)15-25(21)18-37(20-33(4,5)6)19-26-16-27(40-8)12-10-22(26)2/h9-16,29H,17-20,34-35H2,1-8H3,(H,38,39). The van der Waals surface area contributed by atoms with Crippen LogP contribution < -0.4 is 21.3 Å². The van der Waals surface area contributed by atoms with Crippen LogP contribution in [0.3, 0.4) is 0 Å². The number of nitrogens with zero attached hydrogens (tertiary/aromatic N) is 2. The molecule has 0 saturated heterocycles. The number of benzene rings is 3. The van der Waals surface area contributed by atoms with Gasteiger partial charge in [0.2, 0.25) is 0 Å². The quantitative estimate of drug-likeness (QED) is 0.150. The first kappa shape index (κ1) is 31.0. The molecular weight excluding hydrogens is 500 g/mol. The molecule has 0 amide bonds. The van der Waals surface area contributed by atoms with Gasteiger partial charge in [-0.15, -0.1) is 0 Å². The van der Waals surface area contributed by atoms with Crippen molar-refractivity contribution in [3.63, 3.8) is 0 Å². The van der Waals surface area contributed by atoms with Gasteiger partial charge in [0.05, 0.1) is 24.9 Å². The molecule has 3 aromatic carbocycles. The van der Waals surface area contributed by atoms with Crippen molar-refractivity contribution in [1.29, 1.82) is 0 Å². The highest BCUT2D eigenvalue weighted by molar-refractivity contribution is 5.74. The van der Waals surface area contributed by atoms with E-state index in [2.05, 4.69) is 63.8 Å². The molecule has 3 aromatic rings. The van der Waals surface area contributed by atoms with Crippen molar-refractivity contribution in [1.82, 2.24) is 4.90 Å². The summed E-state index contributed by atoms with van der Waals surface area (Å²) >= 11 is 0. The summed E-state index contributed by atoms with van der Waals surface area (Å²) < 4.78 is 5.50. The fraction of sp³-hybridized carbons (Fsp3) is 0.424. The van der Waals surface area contributed by atoms with Gasteiger partial charge in [-0.3, -0.25) is 9.69 Å². The minimum Gasteiger partial charge on any atom is -0.497 e. The van der Waals surface area contributed by atoms with Crippen LogP contribution in [-0.2, 0) is 17.9 Å².